The highest BCUT2D eigenvalue weighted by Gasteiger charge is 2.31. The van der Waals surface area contributed by atoms with Gasteiger partial charge in [0.05, 0.1) is 36.7 Å². The van der Waals surface area contributed by atoms with Crippen LogP contribution in [0.5, 0.6) is 11.5 Å². The highest BCUT2D eigenvalue weighted by Crippen LogP contribution is 2.31. The van der Waals surface area contributed by atoms with Gasteiger partial charge in [0, 0.05) is 19.2 Å². The van der Waals surface area contributed by atoms with E-state index in [9.17, 15) is 9.59 Å². The maximum Gasteiger partial charge on any atom is 0.261 e. The number of carbonyl (C=O) groups excluding carboxylic acids is 1. The van der Waals surface area contributed by atoms with Crippen molar-refractivity contribution in [2.24, 2.45) is 5.92 Å². The highest BCUT2D eigenvalue weighted by molar-refractivity contribution is 5.97. The van der Waals surface area contributed by atoms with E-state index < -0.39 is 0 Å². The van der Waals surface area contributed by atoms with Crippen LogP contribution in [0.4, 0.5) is 0 Å². The summed E-state index contributed by atoms with van der Waals surface area (Å²) in [4.78, 5) is 33.8. The number of carbonyl (C=O) groups is 1. The van der Waals surface area contributed by atoms with Crippen molar-refractivity contribution >= 4 is 16.8 Å². The van der Waals surface area contributed by atoms with E-state index in [-0.39, 0.29) is 23.4 Å². The molecule has 3 aromatic rings. The zero-order valence-corrected chi connectivity index (χ0v) is 20.3. The molecule has 0 aliphatic rings. The van der Waals surface area contributed by atoms with Crippen molar-refractivity contribution in [2.45, 2.75) is 46.7 Å². The highest BCUT2D eigenvalue weighted by atomic mass is 16.5. The van der Waals surface area contributed by atoms with Gasteiger partial charge >= 0.3 is 0 Å². The third-order valence-corrected chi connectivity index (χ3v) is 5.73. The predicted molar refractivity (Wildman–Crippen MR) is 130 cm³/mol. The van der Waals surface area contributed by atoms with E-state index in [2.05, 4.69) is 13.8 Å². The Kier molecular flexibility index (Phi) is 7.74. The lowest BCUT2D eigenvalue weighted by Gasteiger charge is -2.34. The van der Waals surface area contributed by atoms with E-state index in [0.29, 0.717) is 53.3 Å². The largest absolute Gasteiger partial charge is 0.497 e. The van der Waals surface area contributed by atoms with Crippen LogP contribution in [-0.4, -0.2) is 41.1 Å². The Hall–Kier alpha value is -3.35. The predicted octanol–water partition coefficient (Wildman–Crippen LogP) is 4.68. The zero-order valence-electron chi connectivity index (χ0n) is 20.3. The van der Waals surface area contributed by atoms with Gasteiger partial charge in [-0.1, -0.05) is 32.9 Å². The molecular formula is C26H33N3O4. The molecule has 176 valence electrons. The van der Waals surface area contributed by atoms with Gasteiger partial charge in [-0.2, -0.15) is 0 Å². The van der Waals surface area contributed by atoms with Crippen LogP contribution in [0.1, 0.15) is 56.3 Å². The second-order valence-electron chi connectivity index (χ2n) is 8.38. The number of amides is 1. The fourth-order valence-corrected chi connectivity index (χ4v) is 4.16. The molecule has 0 saturated carbocycles. The number of hydrogen-bond donors (Lipinski definition) is 0. The Labute approximate surface area is 195 Å². The van der Waals surface area contributed by atoms with Crippen molar-refractivity contribution < 1.29 is 14.3 Å². The molecular weight excluding hydrogens is 418 g/mol. The van der Waals surface area contributed by atoms with Gasteiger partial charge in [0.1, 0.15) is 17.3 Å². The van der Waals surface area contributed by atoms with Crippen LogP contribution < -0.4 is 15.0 Å². The summed E-state index contributed by atoms with van der Waals surface area (Å²) in [6.07, 6.45) is 0.613. The van der Waals surface area contributed by atoms with Crippen LogP contribution in [0, 0.1) is 5.92 Å². The van der Waals surface area contributed by atoms with Gasteiger partial charge in [0.15, 0.2) is 0 Å². The summed E-state index contributed by atoms with van der Waals surface area (Å²) in [5.41, 5.74) is 0.999. The topological polar surface area (TPSA) is 73.7 Å². The number of benzene rings is 2. The number of fused-ring (bicyclic) bond motifs is 1. The molecule has 3 rings (SSSR count). The van der Waals surface area contributed by atoms with Crippen LogP contribution in [0.2, 0.25) is 0 Å². The van der Waals surface area contributed by atoms with Crippen molar-refractivity contribution in [3.63, 3.8) is 0 Å². The smallest absolute Gasteiger partial charge is 0.261 e. The molecule has 0 spiro atoms. The number of methoxy groups -OCH3 is 2. The first kappa shape index (κ1) is 24.3. The lowest BCUT2D eigenvalue weighted by Crippen LogP contribution is -2.40. The van der Waals surface area contributed by atoms with Crippen LogP contribution in [0.25, 0.3) is 10.9 Å². The molecule has 7 nitrogen and oxygen atoms in total. The standard InChI is InChI=1S/C26H33N3O4/c1-7-22(24-27-21-12-10-9-11-19(21)25(30)28(24)8-2)29(16-17(3)4)26(31)20-14-13-18(32-5)15-23(20)33-6/h9-15,17,22H,7-8,16H2,1-6H3. The van der Waals surface area contributed by atoms with Gasteiger partial charge in [-0.3, -0.25) is 14.2 Å². The second kappa shape index (κ2) is 10.5. The Morgan fingerprint density at radius 1 is 1.09 bits per heavy atom. The van der Waals surface area contributed by atoms with E-state index in [1.165, 1.54) is 7.11 Å². The monoisotopic (exact) mass is 451 g/mol. The molecule has 0 aliphatic carbocycles. The molecule has 0 aliphatic heterocycles. The maximum atomic E-state index is 13.9. The molecule has 33 heavy (non-hydrogen) atoms. The molecule has 0 radical (unpaired) electrons. The summed E-state index contributed by atoms with van der Waals surface area (Å²) in [6.45, 7) is 9.06. The quantitative estimate of drug-likeness (QED) is 0.472. The van der Waals surface area contributed by atoms with Crippen molar-refractivity contribution in [3.8, 4) is 11.5 Å². The summed E-state index contributed by atoms with van der Waals surface area (Å²) >= 11 is 0. The average molecular weight is 452 g/mol. The molecule has 1 atom stereocenters. The lowest BCUT2D eigenvalue weighted by atomic mass is 10.0. The molecule has 0 fully saturated rings. The van der Waals surface area contributed by atoms with Gasteiger partial charge in [-0.05, 0) is 43.5 Å². The fourth-order valence-electron chi connectivity index (χ4n) is 4.16. The summed E-state index contributed by atoms with van der Waals surface area (Å²) in [6, 6.07) is 12.2. The van der Waals surface area contributed by atoms with E-state index >= 15 is 0 Å². The van der Waals surface area contributed by atoms with Crippen molar-refractivity contribution in [2.75, 3.05) is 20.8 Å². The molecule has 1 heterocycles. The van der Waals surface area contributed by atoms with Gasteiger partial charge in [0.2, 0.25) is 0 Å². The Morgan fingerprint density at radius 2 is 1.82 bits per heavy atom. The molecule has 1 aromatic heterocycles. The number of rotatable bonds is 9. The van der Waals surface area contributed by atoms with Crippen LogP contribution in [0.3, 0.4) is 0 Å². The first-order chi connectivity index (χ1) is 15.9. The number of ether oxygens (including phenoxy) is 2. The minimum atomic E-state index is -0.371. The fraction of sp³-hybridized carbons (Fsp3) is 0.423. The zero-order chi connectivity index (χ0) is 24.1. The molecule has 1 unspecified atom stereocenters. The number of nitrogens with zero attached hydrogens (tertiary/aromatic N) is 3. The Balaban J connectivity index is 2.18. The molecule has 2 aromatic carbocycles. The van der Waals surface area contributed by atoms with E-state index in [1.807, 2.05) is 36.9 Å². The van der Waals surface area contributed by atoms with Crippen LogP contribution in [0.15, 0.2) is 47.3 Å². The number of hydrogen-bond acceptors (Lipinski definition) is 5. The maximum absolute atomic E-state index is 13.9. The molecule has 7 heteroatoms. The average Bonchev–Trinajstić information content (AvgIpc) is 2.83. The van der Waals surface area contributed by atoms with Crippen molar-refractivity contribution in [1.82, 2.24) is 14.5 Å². The molecule has 0 bridgehead atoms. The first-order valence-corrected chi connectivity index (χ1v) is 11.4. The minimum absolute atomic E-state index is 0.0875. The SMILES string of the molecule is CCC(c1nc2ccccc2c(=O)n1CC)N(CC(C)C)C(=O)c1ccc(OC)cc1OC. The van der Waals surface area contributed by atoms with Gasteiger partial charge < -0.3 is 14.4 Å². The van der Waals surface area contributed by atoms with E-state index in [0.717, 1.165) is 0 Å². The van der Waals surface area contributed by atoms with Gasteiger partial charge in [-0.25, -0.2) is 4.98 Å². The Bertz CT molecular complexity index is 1190. The Morgan fingerprint density at radius 3 is 2.42 bits per heavy atom. The summed E-state index contributed by atoms with van der Waals surface area (Å²) in [5, 5.41) is 0.580. The summed E-state index contributed by atoms with van der Waals surface area (Å²) < 4.78 is 12.5. The molecule has 0 N–H and O–H groups in total. The van der Waals surface area contributed by atoms with Gasteiger partial charge in [0.25, 0.3) is 11.5 Å². The second-order valence-corrected chi connectivity index (χ2v) is 8.38. The number of para-hydroxylation sites is 1. The third kappa shape index (κ3) is 4.87. The van der Waals surface area contributed by atoms with E-state index in [4.69, 9.17) is 14.5 Å². The normalized spacial score (nSPS) is 12.1. The van der Waals surface area contributed by atoms with Crippen molar-refractivity contribution in [1.29, 1.82) is 0 Å². The van der Waals surface area contributed by atoms with Crippen LogP contribution >= 0.6 is 0 Å². The summed E-state index contributed by atoms with van der Waals surface area (Å²) in [7, 11) is 3.11. The van der Waals surface area contributed by atoms with Crippen LogP contribution in [-0.2, 0) is 6.54 Å². The minimum Gasteiger partial charge on any atom is -0.497 e. The first-order valence-electron chi connectivity index (χ1n) is 11.4. The number of aromatic nitrogens is 2. The lowest BCUT2D eigenvalue weighted by molar-refractivity contribution is 0.0625. The van der Waals surface area contributed by atoms with Gasteiger partial charge in [-0.15, -0.1) is 0 Å². The van der Waals surface area contributed by atoms with Crippen molar-refractivity contribution in [3.05, 3.63) is 64.2 Å². The molecule has 0 saturated heterocycles. The molecule has 1 amide bonds. The van der Waals surface area contributed by atoms with E-state index in [1.54, 1.807) is 35.9 Å². The summed E-state index contributed by atoms with van der Waals surface area (Å²) in [5.74, 6) is 1.71. The third-order valence-electron chi connectivity index (χ3n) is 5.73.